The number of thioether (sulfide) groups is 1. The first kappa shape index (κ1) is 35.7. The fourth-order valence-corrected chi connectivity index (χ4v) is 6.35. The second-order valence-corrected chi connectivity index (χ2v) is 13.4. The molecule has 0 bridgehead atoms. The van der Waals surface area contributed by atoms with Crippen molar-refractivity contribution in [1.82, 2.24) is 31.2 Å². The van der Waals surface area contributed by atoms with Crippen LogP contribution in [0, 0.1) is 5.92 Å². The standard InChI is InChI=1S/C34H46N6O6S/c1-20(2)29-32(44)37-27(14-15-47-5)31(43)35-21(3)30(42)36-24(16-22-10-7-6-8-11-22)18-40(19-28(41)39-29)34(45)25-17-23-12-9-13-26(23)38-33(25)46-4/h6-8,10-11,17,20-21,24,27,29H,9,12-16,18-19H2,1-5H3,(H,35,43)(H,36,42)(H,37,44)(H,39,41)/t21-,24+,27-,29-/m0/s1. The number of fused-ring (bicyclic) bond motifs is 1. The Bertz CT molecular complexity index is 1450. The molecule has 0 radical (unpaired) electrons. The van der Waals surface area contributed by atoms with Gasteiger partial charge < -0.3 is 30.9 Å². The van der Waals surface area contributed by atoms with Crippen LogP contribution in [0.25, 0.3) is 0 Å². The quantitative estimate of drug-likeness (QED) is 0.331. The summed E-state index contributed by atoms with van der Waals surface area (Å²) >= 11 is 1.53. The number of methoxy groups -OCH3 is 1. The van der Waals surface area contributed by atoms with Crippen molar-refractivity contribution in [3.8, 4) is 5.88 Å². The minimum atomic E-state index is -0.970. The molecule has 4 rings (SSSR count). The number of carbonyl (C=O) groups excluding carboxylic acids is 5. The van der Waals surface area contributed by atoms with Crippen LogP contribution in [0.5, 0.6) is 5.88 Å². The summed E-state index contributed by atoms with van der Waals surface area (Å²) in [6, 6.07) is 7.82. The minimum absolute atomic E-state index is 0.0390. The van der Waals surface area contributed by atoms with Gasteiger partial charge in [0.25, 0.3) is 5.91 Å². The lowest BCUT2D eigenvalue weighted by Gasteiger charge is -2.30. The number of hydrogen-bond donors (Lipinski definition) is 4. The van der Waals surface area contributed by atoms with Gasteiger partial charge in [-0.1, -0.05) is 44.2 Å². The zero-order valence-corrected chi connectivity index (χ0v) is 28.6. The summed E-state index contributed by atoms with van der Waals surface area (Å²) in [6.45, 7) is 4.73. The molecule has 1 aromatic carbocycles. The van der Waals surface area contributed by atoms with Crippen molar-refractivity contribution in [2.24, 2.45) is 5.92 Å². The summed E-state index contributed by atoms with van der Waals surface area (Å²) in [5.41, 5.74) is 2.98. The molecule has 0 saturated carbocycles. The first-order valence-electron chi connectivity index (χ1n) is 16.1. The molecule has 4 N–H and O–H groups in total. The smallest absolute Gasteiger partial charge is 0.259 e. The van der Waals surface area contributed by atoms with Gasteiger partial charge in [-0.05, 0) is 74.1 Å². The molecule has 1 saturated heterocycles. The third kappa shape index (κ3) is 9.46. The lowest BCUT2D eigenvalue weighted by Crippen LogP contribution is -2.57. The van der Waals surface area contributed by atoms with E-state index in [1.807, 2.05) is 36.6 Å². The Morgan fingerprint density at radius 1 is 1.02 bits per heavy atom. The largest absolute Gasteiger partial charge is 0.480 e. The molecule has 0 unspecified atom stereocenters. The van der Waals surface area contributed by atoms with Gasteiger partial charge in [-0.2, -0.15) is 11.8 Å². The van der Waals surface area contributed by atoms with E-state index in [1.165, 1.54) is 23.8 Å². The lowest BCUT2D eigenvalue weighted by molar-refractivity contribution is -0.134. The fourth-order valence-electron chi connectivity index (χ4n) is 5.88. The van der Waals surface area contributed by atoms with Gasteiger partial charge in [0.1, 0.15) is 23.7 Å². The predicted molar refractivity (Wildman–Crippen MR) is 180 cm³/mol. The van der Waals surface area contributed by atoms with Crippen LogP contribution in [0.4, 0.5) is 0 Å². The second kappa shape index (κ2) is 16.6. The predicted octanol–water partition coefficient (Wildman–Crippen LogP) is 1.65. The maximum atomic E-state index is 14.3. The average Bonchev–Trinajstić information content (AvgIpc) is 3.51. The van der Waals surface area contributed by atoms with Crippen LogP contribution in [0.3, 0.4) is 0 Å². The highest BCUT2D eigenvalue weighted by Crippen LogP contribution is 2.27. The molecule has 2 aromatic rings. The number of carbonyl (C=O) groups is 5. The Labute approximate surface area is 280 Å². The van der Waals surface area contributed by atoms with Crippen molar-refractivity contribution in [2.75, 3.05) is 32.2 Å². The SMILES string of the molecule is COc1nc2c(cc1C(=O)N1CC(=O)N[C@@H](C(C)C)C(=O)N[C@@H](CCSC)C(=O)N[C@@H](C)C(=O)N[C@H](Cc3ccccc3)C1)CCC2. The summed E-state index contributed by atoms with van der Waals surface area (Å²) in [7, 11) is 1.45. The monoisotopic (exact) mass is 666 g/mol. The van der Waals surface area contributed by atoms with Crippen molar-refractivity contribution in [1.29, 1.82) is 0 Å². The molecular formula is C34H46N6O6S. The Balaban J connectivity index is 1.74. The summed E-state index contributed by atoms with van der Waals surface area (Å²) in [5.74, 6) is -2.08. The zero-order valence-electron chi connectivity index (χ0n) is 27.8. The number of hydrogen-bond acceptors (Lipinski definition) is 8. The van der Waals surface area contributed by atoms with Gasteiger partial charge in [0.15, 0.2) is 0 Å². The minimum Gasteiger partial charge on any atom is -0.480 e. The number of nitrogens with one attached hydrogen (secondary N) is 4. The topological polar surface area (TPSA) is 159 Å². The fraction of sp³-hybridized carbons (Fsp3) is 0.529. The molecule has 1 aliphatic carbocycles. The van der Waals surface area contributed by atoms with E-state index < -0.39 is 53.7 Å². The van der Waals surface area contributed by atoms with Gasteiger partial charge in [0.2, 0.25) is 29.5 Å². The Morgan fingerprint density at radius 3 is 2.45 bits per heavy atom. The van der Waals surface area contributed by atoms with Crippen molar-refractivity contribution in [3.05, 3.63) is 58.8 Å². The highest BCUT2D eigenvalue weighted by Gasteiger charge is 2.34. The first-order valence-corrected chi connectivity index (χ1v) is 17.5. The number of nitrogens with zero attached hydrogens (tertiary/aromatic N) is 2. The number of aromatic nitrogens is 1. The summed E-state index contributed by atoms with van der Waals surface area (Å²) in [4.78, 5) is 74.3. The van der Waals surface area contributed by atoms with E-state index in [2.05, 4.69) is 26.3 Å². The Morgan fingerprint density at radius 2 is 1.77 bits per heavy atom. The van der Waals surface area contributed by atoms with E-state index in [-0.39, 0.29) is 30.5 Å². The number of pyridine rings is 1. The van der Waals surface area contributed by atoms with Crippen molar-refractivity contribution < 1.29 is 28.7 Å². The first-order chi connectivity index (χ1) is 22.5. The van der Waals surface area contributed by atoms with E-state index in [0.717, 1.165) is 36.1 Å². The normalized spacial score (nSPS) is 22.7. The third-order valence-electron chi connectivity index (χ3n) is 8.43. The van der Waals surface area contributed by atoms with E-state index >= 15 is 0 Å². The summed E-state index contributed by atoms with van der Waals surface area (Å²) in [6.07, 6.45) is 5.08. The Kier molecular flexibility index (Phi) is 12.6. The summed E-state index contributed by atoms with van der Waals surface area (Å²) in [5, 5.41) is 11.3. The van der Waals surface area contributed by atoms with Crippen LogP contribution < -0.4 is 26.0 Å². The number of rotatable bonds is 8. The van der Waals surface area contributed by atoms with Crippen LogP contribution >= 0.6 is 11.8 Å². The molecule has 2 aliphatic rings. The highest BCUT2D eigenvalue weighted by molar-refractivity contribution is 7.98. The third-order valence-corrected chi connectivity index (χ3v) is 9.08. The number of aryl methyl sites for hydroxylation is 2. The van der Waals surface area contributed by atoms with Crippen molar-refractivity contribution in [2.45, 2.75) is 77.0 Å². The molecule has 2 heterocycles. The molecular weight excluding hydrogens is 620 g/mol. The molecule has 5 amide bonds. The molecule has 12 nitrogen and oxygen atoms in total. The van der Waals surface area contributed by atoms with Crippen molar-refractivity contribution in [3.63, 3.8) is 0 Å². The van der Waals surface area contributed by atoms with Crippen LogP contribution in [-0.2, 0) is 38.4 Å². The van der Waals surface area contributed by atoms with Gasteiger partial charge in [0, 0.05) is 12.2 Å². The van der Waals surface area contributed by atoms with Gasteiger partial charge in [-0.3, -0.25) is 24.0 Å². The van der Waals surface area contributed by atoms with Gasteiger partial charge in [0.05, 0.1) is 19.7 Å². The Hall–Kier alpha value is -4.13. The van der Waals surface area contributed by atoms with Crippen LogP contribution in [0.2, 0.25) is 0 Å². The second-order valence-electron chi connectivity index (χ2n) is 12.4. The van der Waals surface area contributed by atoms with Crippen LogP contribution in [-0.4, -0.2) is 95.8 Å². The molecule has 4 atom stereocenters. The van der Waals surface area contributed by atoms with Crippen LogP contribution in [0.15, 0.2) is 36.4 Å². The van der Waals surface area contributed by atoms with Gasteiger partial charge in [-0.25, -0.2) is 4.98 Å². The molecule has 0 spiro atoms. The molecule has 1 fully saturated rings. The average molecular weight is 667 g/mol. The number of amides is 5. The molecule has 47 heavy (non-hydrogen) atoms. The van der Waals surface area contributed by atoms with E-state index in [1.54, 1.807) is 26.8 Å². The maximum absolute atomic E-state index is 14.3. The summed E-state index contributed by atoms with van der Waals surface area (Å²) < 4.78 is 5.53. The van der Waals surface area contributed by atoms with E-state index in [4.69, 9.17) is 4.74 Å². The van der Waals surface area contributed by atoms with E-state index in [9.17, 15) is 24.0 Å². The van der Waals surface area contributed by atoms with Gasteiger partial charge >= 0.3 is 0 Å². The molecule has 1 aliphatic heterocycles. The highest BCUT2D eigenvalue weighted by atomic mass is 32.2. The van der Waals surface area contributed by atoms with E-state index in [0.29, 0.717) is 18.6 Å². The van der Waals surface area contributed by atoms with Crippen molar-refractivity contribution >= 4 is 41.3 Å². The molecule has 1 aromatic heterocycles. The lowest BCUT2D eigenvalue weighted by atomic mass is 10.0. The molecule has 254 valence electrons. The van der Waals surface area contributed by atoms with Crippen LogP contribution in [0.1, 0.15) is 60.8 Å². The van der Waals surface area contributed by atoms with Gasteiger partial charge in [-0.15, -0.1) is 0 Å². The number of benzene rings is 1. The maximum Gasteiger partial charge on any atom is 0.259 e. The molecule has 13 heteroatoms. The number of ether oxygens (including phenoxy) is 1. The zero-order chi connectivity index (χ0) is 34.1.